The van der Waals surface area contributed by atoms with Crippen molar-refractivity contribution in [2.45, 2.75) is 0 Å². The number of nitrogens with one attached hydrogen (secondary N) is 1. The maximum Gasteiger partial charge on any atom is 0.275 e. The van der Waals surface area contributed by atoms with E-state index in [9.17, 15) is 18.9 Å². The topological polar surface area (TPSA) is 81.2 Å². The molecule has 0 fully saturated rings. The van der Waals surface area contributed by atoms with Gasteiger partial charge in [-0.25, -0.2) is 8.78 Å². The van der Waals surface area contributed by atoms with Gasteiger partial charge in [-0.1, -0.05) is 6.07 Å². The van der Waals surface area contributed by atoms with Gasteiger partial charge in [0.2, 0.25) is 0 Å². The second-order valence-electron chi connectivity index (χ2n) is 3.79. The molecule has 98 valence electrons. The quantitative estimate of drug-likeness (QED) is 0.507. The van der Waals surface area contributed by atoms with Crippen LogP contribution in [0.5, 0.6) is 0 Å². The molecule has 0 aliphatic heterocycles. The zero-order valence-electron chi connectivity index (χ0n) is 9.56. The zero-order valence-corrected chi connectivity index (χ0v) is 9.56. The first-order valence-corrected chi connectivity index (χ1v) is 5.23. The van der Waals surface area contributed by atoms with Gasteiger partial charge in [0, 0.05) is 11.4 Å². The second-order valence-corrected chi connectivity index (χ2v) is 3.79. The molecule has 19 heavy (non-hydrogen) atoms. The van der Waals surface area contributed by atoms with E-state index in [1.807, 2.05) is 0 Å². The molecular formula is C12H9F2N3O2. The SMILES string of the molecule is Nc1cccc(Nc2c(F)cc([N+](=O)[O-])cc2F)c1. The highest BCUT2D eigenvalue weighted by Crippen LogP contribution is 2.28. The third-order valence-corrected chi connectivity index (χ3v) is 2.39. The molecule has 0 aliphatic carbocycles. The van der Waals surface area contributed by atoms with Crippen molar-refractivity contribution < 1.29 is 13.7 Å². The van der Waals surface area contributed by atoms with Gasteiger partial charge in [-0.3, -0.25) is 10.1 Å². The number of anilines is 3. The van der Waals surface area contributed by atoms with E-state index < -0.39 is 27.9 Å². The summed E-state index contributed by atoms with van der Waals surface area (Å²) in [5.74, 6) is -2.09. The van der Waals surface area contributed by atoms with E-state index >= 15 is 0 Å². The van der Waals surface area contributed by atoms with Crippen molar-refractivity contribution in [1.29, 1.82) is 0 Å². The Kier molecular flexibility index (Phi) is 3.28. The largest absolute Gasteiger partial charge is 0.399 e. The van der Waals surface area contributed by atoms with Crippen molar-refractivity contribution in [3.8, 4) is 0 Å². The maximum atomic E-state index is 13.6. The Morgan fingerprint density at radius 2 is 1.79 bits per heavy atom. The molecule has 2 rings (SSSR count). The van der Waals surface area contributed by atoms with Crippen molar-refractivity contribution in [3.63, 3.8) is 0 Å². The van der Waals surface area contributed by atoms with Crippen LogP contribution < -0.4 is 11.1 Å². The highest BCUT2D eigenvalue weighted by atomic mass is 19.1. The number of nitro groups is 1. The van der Waals surface area contributed by atoms with Crippen molar-refractivity contribution >= 4 is 22.7 Å². The van der Waals surface area contributed by atoms with E-state index in [0.717, 1.165) is 0 Å². The lowest BCUT2D eigenvalue weighted by Gasteiger charge is -2.09. The molecule has 0 heterocycles. The van der Waals surface area contributed by atoms with Crippen molar-refractivity contribution in [1.82, 2.24) is 0 Å². The van der Waals surface area contributed by atoms with E-state index in [4.69, 9.17) is 5.73 Å². The van der Waals surface area contributed by atoms with E-state index in [1.54, 1.807) is 18.2 Å². The first kappa shape index (κ1) is 12.7. The molecular weight excluding hydrogens is 256 g/mol. The Morgan fingerprint density at radius 1 is 1.16 bits per heavy atom. The number of nitrogens with zero attached hydrogens (tertiary/aromatic N) is 1. The van der Waals surface area contributed by atoms with Gasteiger partial charge in [0.15, 0.2) is 11.6 Å². The molecule has 0 spiro atoms. The minimum atomic E-state index is -1.05. The Morgan fingerprint density at radius 3 is 2.32 bits per heavy atom. The number of halogens is 2. The summed E-state index contributed by atoms with van der Waals surface area (Å²) in [4.78, 5) is 9.59. The molecule has 2 aromatic carbocycles. The predicted molar refractivity (Wildman–Crippen MR) is 67.1 cm³/mol. The minimum absolute atomic E-state index is 0.381. The van der Waals surface area contributed by atoms with Crippen LogP contribution in [0.4, 0.5) is 31.5 Å². The van der Waals surface area contributed by atoms with Crippen LogP contribution in [0.1, 0.15) is 0 Å². The lowest BCUT2D eigenvalue weighted by molar-refractivity contribution is -0.385. The molecule has 0 saturated heterocycles. The fourth-order valence-corrected chi connectivity index (χ4v) is 1.55. The van der Waals surface area contributed by atoms with Crippen LogP contribution in [0.3, 0.4) is 0 Å². The number of benzene rings is 2. The number of nitrogens with two attached hydrogens (primary N) is 1. The molecule has 0 bridgehead atoms. The summed E-state index contributed by atoms with van der Waals surface area (Å²) in [5.41, 5.74) is 5.23. The average molecular weight is 265 g/mol. The van der Waals surface area contributed by atoms with Gasteiger partial charge < -0.3 is 11.1 Å². The summed E-state index contributed by atoms with van der Waals surface area (Å²) in [6.45, 7) is 0. The van der Waals surface area contributed by atoms with Gasteiger partial charge in [-0.05, 0) is 18.2 Å². The van der Waals surface area contributed by atoms with Crippen LogP contribution in [0.15, 0.2) is 36.4 Å². The van der Waals surface area contributed by atoms with Crippen molar-refractivity contribution in [3.05, 3.63) is 58.1 Å². The first-order chi connectivity index (χ1) is 8.97. The Balaban J connectivity index is 2.38. The summed E-state index contributed by atoms with van der Waals surface area (Å²) in [6.07, 6.45) is 0. The maximum absolute atomic E-state index is 13.6. The summed E-state index contributed by atoms with van der Waals surface area (Å²) in [6, 6.07) is 7.58. The van der Waals surface area contributed by atoms with Gasteiger partial charge in [0.1, 0.15) is 5.69 Å². The summed E-state index contributed by atoms with van der Waals surface area (Å²) < 4.78 is 27.2. The lowest BCUT2D eigenvalue weighted by atomic mass is 10.2. The predicted octanol–water partition coefficient (Wildman–Crippen LogP) is 3.20. The van der Waals surface area contributed by atoms with Crippen molar-refractivity contribution in [2.24, 2.45) is 0 Å². The monoisotopic (exact) mass is 265 g/mol. The molecule has 5 nitrogen and oxygen atoms in total. The number of rotatable bonds is 3. The minimum Gasteiger partial charge on any atom is -0.399 e. The highest BCUT2D eigenvalue weighted by molar-refractivity contribution is 5.65. The molecule has 3 N–H and O–H groups in total. The molecule has 0 radical (unpaired) electrons. The molecule has 0 saturated carbocycles. The number of hydrogen-bond acceptors (Lipinski definition) is 4. The fraction of sp³-hybridized carbons (Fsp3) is 0. The third-order valence-electron chi connectivity index (χ3n) is 2.39. The molecule has 0 unspecified atom stereocenters. The van der Waals surface area contributed by atoms with Crippen LogP contribution in [0.25, 0.3) is 0 Å². The Labute approximate surface area is 106 Å². The van der Waals surface area contributed by atoms with Gasteiger partial charge >= 0.3 is 0 Å². The number of hydrogen-bond donors (Lipinski definition) is 2. The van der Waals surface area contributed by atoms with Crippen LogP contribution in [-0.4, -0.2) is 4.92 Å². The van der Waals surface area contributed by atoms with Gasteiger partial charge in [0.05, 0.1) is 17.1 Å². The third kappa shape index (κ3) is 2.76. The normalized spacial score (nSPS) is 10.2. The van der Waals surface area contributed by atoms with E-state index in [0.29, 0.717) is 23.5 Å². The Hall–Kier alpha value is -2.70. The van der Waals surface area contributed by atoms with Crippen molar-refractivity contribution in [2.75, 3.05) is 11.1 Å². The number of non-ortho nitro benzene ring substituents is 1. The van der Waals surface area contributed by atoms with E-state index in [1.165, 1.54) is 6.07 Å². The second kappa shape index (κ2) is 4.89. The zero-order chi connectivity index (χ0) is 14.0. The van der Waals surface area contributed by atoms with E-state index in [2.05, 4.69) is 5.32 Å². The van der Waals surface area contributed by atoms with Crippen LogP contribution >= 0.6 is 0 Å². The number of nitrogen functional groups attached to an aromatic ring is 1. The number of nitro benzene ring substituents is 1. The average Bonchev–Trinajstić information content (AvgIpc) is 2.33. The van der Waals surface area contributed by atoms with E-state index in [-0.39, 0.29) is 0 Å². The highest BCUT2D eigenvalue weighted by Gasteiger charge is 2.17. The van der Waals surface area contributed by atoms with Crippen LogP contribution in [0, 0.1) is 21.7 Å². The van der Waals surface area contributed by atoms with Crippen LogP contribution in [-0.2, 0) is 0 Å². The standard InChI is InChI=1S/C12H9F2N3O2/c13-10-5-9(17(18)19)6-11(14)12(10)16-8-3-1-2-7(15)4-8/h1-6,16H,15H2. The molecule has 0 atom stereocenters. The van der Waals surface area contributed by atoms with Gasteiger partial charge in [0.25, 0.3) is 5.69 Å². The summed E-state index contributed by atoms with van der Waals surface area (Å²) >= 11 is 0. The van der Waals surface area contributed by atoms with Gasteiger partial charge in [-0.15, -0.1) is 0 Å². The van der Waals surface area contributed by atoms with Crippen LogP contribution in [0.2, 0.25) is 0 Å². The molecule has 2 aromatic rings. The molecule has 0 aliphatic rings. The lowest BCUT2D eigenvalue weighted by Crippen LogP contribution is -2.00. The fourth-order valence-electron chi connectivity index (χ4n) is 1.55. The molecule has 7 heteroatoms. The van der Waals surface area contributed by atoms with Gasteiger partial charge in [-0.2, -0.15) is 0 Å². The molecule has 0 amide bonds. The summed E-state index contributed by atoms with van der Waals surface area (Å²) in [5, 5.41) is 12.9. The Bertz CT molecular complexity index is 624. The molecule has 0 aromatic heterocycles. The smallest absolute Gasteiger partial charge is 0.275 e. The summed E-state index contributed by atoms with van der Waals surface area (Å²) in [7, 11) is 0. The first-order valence-electron chi connectivity index (χ1n) is 5.23.